The van der Waals surface area contributed by atoms with Crippen LogP contribution in [0.2, 0.25) is 0 Å². The smallest absolute Gasteiger partial charge is 0.306 e. The Morgan fingerprint density at radius 3 is 1.90 bits per heavy atom. The first-order chi connectivity index (χ1) is 9.63. The first-order valence-electron chi connectivity index (χ1n) is 7.96. The van der Waals surface area contributed by atoms with E-state index in [1.54, 1.807) is 0 Å². The number of esters is 2. The van der Waals surface area contributed by atoms with Crippen LogP contribution in [0.1, 0.15) is 61.3 Å². The van der Waals surface area contributed by atoms with Gasteiger partial charge >= 0.3 is 11.9 Å². The molecular formula is C17H32O4. The molecule has 4 heteroatoms. The van der Waals surface area contributed by atoms with E-state index in [1.807, 2.05) is 13.8 Å². The van der Waals surface area contributed by atoms with Gasteiger partial charge in [0.1, 0.15) is 6.10 Å². The molecule has 124 valence electrons. The summed E-state index contributed by atoms with van der Waals surface area (Å²) in [4.78, 5) is 23.0. The number of rotatable bonds is 9. The Morgan fingerprint density at radius 2 is 1.52 bits per heavy atom. The summed E-state index contributed by atoms with van der Waals surface area (Å²) in [6.45, 7) is 14.0. The number of hydrogen-bond acceptors (Lipinski definition) is 4. The second kappa shape index (κ2) is 9.80. The normalized spacial score (nSPS) is 14.4. The third-order valence-corrected chi connectivity index (χ3v) is 3.37. The summed E-state index contributed by atoms with van der Waals surface area (Å²) in [5.74, 6) is 0.553. The van der Waals surface area contributed by atoms with Crippen LogP contribution < -0.4 is 0 Å². The molecule has 0 aliphatic rings. The van der Waals surface area contributed by atoms with Gasteiger partial charge in [0.25, 0.3) is 0 Å². The molecule has 2 atom stereocenters. The summed E-state index contributed by atoms with van der Waals surface area (Å²) in [7, 11) is 0. The molecule has 0 radical (unpaired) electrons. The maximum absolute atomic E-state index is 12.0. The maximum atomic E-state index is 12.0. The monoisotopic (exact) mass is 300 g/mol. The van der Waals surface area contributed by atoms with E-state index in [1.165, 1.54) is 6.92 Å². The summed E-state index contributed by atoms with van der Waals surface area (Å²) in [5, 5.41) is 0. The molecule has 0 aliphatic carbocycles. The van der Waals surface area contributed by atoms with Gasteiger partial charge in [-0.1, -0.05) is 41.5 Å². The topological polar surface area (TPSA) is 52.6 Å². The molecule has 0 bridgehead atoms. The van der Waals surface area contributed by atoms with Gasteiger partial charge in [0.2, 0.25) is 0 Å². The number of hydrogen-bond donors (Lipinski definition) is 0. The summed E-state index contributed by atoms with van der Waals surface area (Å²) in [6, 6.07) is 0. The fraction of sp³-hybridized carbons (Fsp3) is 0.882. The molecule has 21 heavy (non-hydrogen) atoms. The summed E-state index contributed by atoms with van der Waals surface area (Å²) in [6.07, 6.45) is 1.01. The van der Waals surface area contributed by atoms with Crippen LogP contribution in [0.3, 0.4) is 0 Å². The van der Waals surface area contributed by atoms with Gasteiger partial charge in [0.05, 0.1) is 6.61 Å². The van der Waals surface area contributed by atoms with E-state index in [4.69, 9.17) is 9.47 Å². The standard InChI is InChI=1S/C17H32O4/c1-11(2)8-16(21-17(19)9-12(3)4)15(13(5)6)10-20-14(7)18/h11-13,15-16H,8-10H2,1-7H3. The lowest BCUT2D eigenvalue weighted by Crippen LogP contribution is -2.35. The lowest BCUT2D eigenvalue weighted by Gasteiger charge is -2.31. The lowest BCUT2D eigenvalue weighted by atomic mass is 9.86. The van der Waals surface area contributed by atoms with Crippen molar-refractivity contribution < 1.29 is 19.1 Å². The van der Waals surface area contributed by atoms with Crippen LogP contribution in [0.25, 0.3) is 0 Å². The first kappa shape index (κ1) is 19.9. The van der Waals surface area contributed by atoms with Crippen LogP contribution in [-0.2, 0) is 19.1 Å². The minimum absolute atomic E-state index is 0.0346. The fourth-order valence-electron chi connectivity index (χ4n) is 2.27. The van der Waals surface area contributed by atoms with E-state index in [9.17, 15) is 9.59 Å². The highest BCUT2D eigenvalue weighted by Gasteiger charge is 2.29. The van der Waals surface area contributed by atoms with Crippen molar-refractivity contribution >= 4 is 11.9 Å². The number of carbonyl (C=O) groups is 2. The molecule has 0 aliphatic heterocycles. The molecule has 0 saturated carbocycles. The van der Waals surface area contributed by atoms with Crippen molar-refractivity contribution in [3.8, 4) is 0 Å². The van der Waals surface area contributed by atoms with Gasteiger partial charge < -0.3 is 9.47 Å². The zero-order chi connectivity index (χ0) is 16.6. The average molecular weight is 300 g/mol. The van der Waals surface area contributed by atoms with Crippen LogP contribution in [0.4, 0.5) is 0 Å². The van der Waals surface area contributed by atoms with E-state index >= 15 is 0 Å². The largest absolute Gasteiger partial charge is 0.465 e. The molecule has 0 rings (SSSR count). The summed E-state index contributed by atoms with van der Waals surface area (Å²) < 4.78 is 10.9. The van der Waals surface area contributed by atoms with Gasteiger partial charge in [-0.2, -0.15) is 0 Å². The Labute approximate surface area is 129 Å². The molecule has 0 fully saturated rings. The molecule has 0 aromatic rings. The van der Waals surface area contributed by atoms with Crippen molar-refractivity contribution in [1.82, 2.24) is 0 Å². The maximum Gasteiger partial charge on any atom is 0.306 e. The minimum Gasteiger partial charge on any atom is -0.465 e. The zero-order valence-corrected chi connectivity index (χ0v) is 14.6. The van der Waals surface area contributed by atoms with E-state index in [0.717, 1.165) is 6.42 Å². The third kappa shape index (κ3) is 9.48. The number of carbonyl (C=O) groups excluding carboxylic acids is 2. The van der Waals surface area contributed by atoms with Gasteiger partial charge in [-0.15, -0.1) is 0 Å². The second-order valence-electron chi connectivity index (χ2n) is 6.97. The summed E-state index contributed by atoms with van der Waals surface area (Å²) >= 11 is 0. The van der Waals surface area contributed by atoms with Crippen LogP contribution >= 0.6 is 0 Å². The highest BCUT2D eigenvalue weighted by atomic mass is 16.6. The Kier molecular flexibility index (Phi) is 9.31. The Morgan fingerprint density at radius 1 is 0.952 bits per heavy atom. The molecule has 0 saturated heterocycles. The van der Waals surface area contributed by atoms with Crippen molar-refractivity contribution in [1.29, 1.82) is 0 Å². The van der Waals surface area contributed by atoms with Crippen molar-refractivity contribution in [2.75, 3.05) is 6.61 Å². The van der Waals surface area contributed by atoms with Crippen molar-refractivity contribution in [3.05, 3.63) is 0 Å². The highest BCUT2D eigenvalue weighted by Crippen LogP contribution is 2.25. The van der Waals surface area contributed by atoms with Gasteiger partial charge in [-0.05, 0) is 24.2 Å². The predicted molar refractivity (Wildman–Crippen MR) is 83.8 cm³/mol. The van der Waals surface area contributed by atoms with Gasteiger partial charge in [-0.25, -0.2) is 0 Å². The van der Waals surface area contributed by atoms with Crippen LogP contribution in [-0.4, -0.2) is 24.6 Å². The molecule has 4 nitrogen and oxygen atoms in total. The molecule has 0 heterocycles. The van der Waals surface area contributed by atoms with E-state index < -0.39 is 0 Å². The fourth-order valence-corrected chi connectivity index (χ4v) is 2.27. The quantitative estimate of drug-likeness (QED) is 0.607. The summed E-state index contributed by atoms with van der Waals surface area (Å²) in [5.41, 5.74) is 0. The zero-order valence-electron chi connectivity index (χ0n) is 14.6. The van der Waals surface area contributed by atoms with E-state index in [0.29, 0.717) is 18.9 Å². The van der Waals surface area contributed by atoms with Crippen molar-refractivity contribution in [2.45, 2.75) is 67.4 Å². The molecule has 0 aromatic carbocycles. The van der Waals surface area contributed by atoms with E-state index in [2.05, 4.69) is 27.7 Å². The van der Waals surface area contributed by atoms with Crippen molar-refractivity contribution in [2.24, 2.45) is 23.7 Å². The van der Waals surface area contributed by atoms with Crippen LogP contribution in [0, 0.1) is 23.7 Å². The minimum atomic E-state index is -0.294. The van der Waals surface area contributed by atoms with Crippen LogP contribution in [0.5, 0.6) is 0 Å². The van der Waals surface area contributed by atoms with Gasteiger partial charge in [-0.3, -0.25) is 9.59 Å². The van der Waals surface area contributed by atoms with Gasteiger partial charge in [0, 0.05) is 19.3 Å². The lowest BCUT2D eigenvalue weighted by molar-refractivity contribution is -0.158. The first-order valence-corrected chi connectivity index (χ1v) is 7.96. The number of ether oxygens (including phenoxy) is 2. The molecule has 0 N–H and O–H groups in total. The van der Waals surface area contributed by atoms with Gasteiger partial charge in [0.15, 0.2) is 0 Å². The Hall–Kier alpha value is -1.06. The molecule has 0 aromatic heterocycles. The van der Waals surface area contributed by atoms with Crippen molar-refractivity contribution in [3.63, 3.8) is 0 Å². The van der Waals surface area contributed by atoms with Crippen LogP contribution in [0.15, 0.2) is 0 Å². The SMILES string of the molecule is CC(=O)OCC(C(C)C)C(CC(C)C)OC(=O)CC(C)C. The predicted octanol–water partition coefficient (Wildman–Crippen LogP) is 3.83. The Bertz CT molecular complexity index is 321. The van der Waals surface area contributed by atoms with E-state index in [-0.39, 0.29) is 35.8 Å². The average Bonchev–Trinajstić information content (AvgIpc) is 2.25. The molecule has 0 amide bonds. The molecular weight excluding hydrogens is 268 g/mol. The molecule has 2 unspecified atom stereocenters. The third-order valence-electron chi connectivity index (χ3n) is 3.37. The highest BCUT2D eigenvalue weighted by molar-refractivity contribution is 5.69. The second-order valence-corrected chi connectivity index (χ2v) is 6.97. The molecule has 0 spiro atoms. The Balaban J connectivity index is 4.87.